The third kappa shape index (κ3) is 6.06. The molecule has 4 rings (SSSR count). The minimum atomic E-state index is -1.02. The molecule has 0 spiro atoms. The van der Waals surface area contributed by atoms with E-state index < -0.39 is 19.1 Å². The molecule has 0 unspecified atom stereocenters. The van der Waals surface area contributed by atoms with Crippen LogP contribution in [0.3, 0.4) is 0 Å². The lowest BCUT2D eigenvalue weighted by Crippen LogP contribution is -2.50. The maximum Gasteiger partial charge on any atom is 0.628 e. The molecule has 0 radical (unpaired) electrons. The van der Waals surface area contributed by atoms with Crippen LogP contribution in [0.4, 0.5) is 0 Å². The third-order valence-electron chi connectivity index (χ3n) is 5.60. The van der Waals surface area contributed by atoms with E-state index in [1.54, 1.807) is 12.1 Å². The van der Waals surface area contributed by atoms with Crippen molar-refractivity contribution in [1.82, 2.24) is 4.90 Å². The Morgan fingerprint density at radius 3 is 2.26 bits per heavy atom. The van der Waals surface area contributed by atoms with E-state index in [2.05, 4.69) is 0 Å². The minimum Gasteiger partial charge on any atom is -0.495 e. The quantitative estimate of drug-likeness (QED) is 0.670. The fraction of sp³-hybridized carbons (Fsp3) is 0.333. The van der Waals surface area contributed by atoms with E-state index in [1.165, 1.54) is 0 Å². The van der Waals surface area contributed by atoms with Gasteiger partial charge in [0.15, 0.2) is 0 Å². The van der Waals surface area contributed by atoms with Crippen LogP contribution >= 0.6 is 0 Å². The van der Waals surface area contributed by atoms with E-state index in [1.807, 2.05) is 65.6 Å². The summed E-state index contributed by atoms with van der Waals surface area (Å²) in [5, 5.41) is 0. The van der Waals surface area contributed by atoms with Gasteiger partial charge in [-0.05, 0) is 36.4 Å². The molecule has 2 aromatic carbocycles. The maximum atomic E-state index is 12.5. The van der Waals surface area contributed by atoms with Crippen LogP contribution in [-0.2, 0) is 30.2 Å². The molecular formula is C24H26BNO5. The molecule has 0 amide bonds. The van der Waals surface area contributed by atoms with Gasteiger partial charge in [0.05, 0.1) is 25.8 Å². The highest BCUT2D eigenvalue weighted by Crippen LogP contribution is 2.28. The smallest absolute Gasteiger partial charge is 0.495 e. The predicted octanol–water partition coefficient (Wildman–Crippen LogP) is 3.27. The minimum absolute atomic E-state index is 0.0137. The molecule has 2 fully saturated rings. The molecule has 7 heteroatoms. The molecule has 2 aromatic rings. The van der Waals surface area contributed by atoms with Gasteiger partial charge in [0.25, 0.3) is 0 Å². The summed E-state index contributed by atoms with van der Waals surface area (Å²) in [4.78, 5) is 26.8. The molecule has 160 valence electrons. The predicted molar refractivity (Wildman–Crippen MR) is 118 cm³/mol. The maximum absolute atomic E-state index is 12.5. The van der Waals surface area contributed by atoms with Gasteiger partial charge in [0.1, 0.15) is 0 Å². The van der Waals surface area contributed by atoms with Crippen molar-refractivity contribution < 1.29 is 23.6 Å². The highest BCUT2D eigenvalue weighted by Gasteiger charge is 2.38. The van der Waals surface area contributed by atoms with Gasteiger partial charge >= 0.3 is 19.1 Å². The molecule has 1 heterocycles. The molecule has 1 saturated carbocycles. The molecule has 1 aliphatic heterocycles. The summed E-state index contributed by atoms with van der Waals surface area (Å²) in [6, 6.07) is 19.5. The summed E-state index contributed by atoms with van der Waals surface area (Å²) in [5.41, 5.74) is 2.04. The molecular weight excluding hydrogens is 393 g/mol. The monoisotopic (exact) mass is 419 g/mol. The zero-order chi connectivity index (χ0) is 21.5. The number of rotatable bonds is 6. The second-order valence-electron chi connectivity index (χ2n) is 7.86. The number of nitrogens with zero attached hydrogens (tertiary/aromatic N) is 1. The van der Waals surface area contributed by atoms with Crippen molar-refractivity contribution in [3.05, 3.63) is 77.8 Å². The van der Waals surface area contributed by atoms with E-state index in [4.69, 9.17) is 14.0 Å². The van der Waals surface area contributed by atoms with Crippen LogP contribution in [0, 0.1) is 0 Å². The molecule has 6 nitrogen and oxygen atoms in total. The summed E-state index contributed by atoms with van der Waals surface area (Å²) >= 11 is 0. The van der Waals surface area contributed by atoms with Crippen LogP contribution in [0.2, 0.25) is 0 Å². The molecule has 31 heavy (non-hydrogen) atoms. The fourth-order valence-electron chi connectivity index (χ4n) is 4.11. The van der Waals surface area contributed by atoms with Gasteiger partial charge in [-0.2, -0.15) is 0 Å². The van der Waals surface area contributed by atoms with E-state index in [-0.39, 0.29) is 25.2 Å². The number of hydrogen-bond donors (Lipinski definition) is 0. The Kier molecular flexibility index (Phi) is 7.17. The van der Waals surface area contributed by atoms with E-state index in [9.17, 15) is 9.59 Å². The first-order valence-corrected chi connectivity index (χ1v) is 10.7. The van der Waals surface area contributed by atoms with Crippen molar-refractivity contribution in [1.29, 1.82) is 0 Å². The average Bonchev–Trinajstić information content (AvgIpc) is 3.24. The van der Waals surface area contributed by atoms with Crippen LogP contribution in [0.1, 0.15) is 30.4 Å². The molecule has 2 atom stereocenters. The lowest BCUT2D eigenvalue weighted by Gasteiger charge is -2.33. The van der Waals surface area contributed by atoms with Crippen LogP contribution in [0.15, 0.2) is 66.6 Å². The Balaban J connectivity index is 1.36. The van der Waals surface area contributed by atoms with Crippen LogP contribution in [0.5, 0.6) is 0 Å². The van der Waals surface area contributed by atoms with Crippen molar-refractivity contribution in [3.63, 3.8) is 0 Å². The van der Waals surface area contributed by atoms with Crippen LogP contribution < -0.4 is 0 Å². The molecule has 2 aliphatic rings. The van der Waals surface area contributed by atoms with Crippen molar-refractivity contribution in [2.45, 2.75) is 38.0 Å². The van der Waals surface area contributed by atoms with E-state index >= 15 is 0 Å². The number of hydrogen-bond acceptors (Lipinski definition) is 6. The van der Waals surface area contributed by atoms with Gasteiger partial charge in [-0.3, -0.25) is 14.5 Å². The zero-order valence-electron chi connectivity index (χ0n) is 17.4. The first-order chi connectivity index (χ1) is 15.2. The second-order valence-corrected chi connectivity index (χ2v) is 7.86. The Morgan fingerprint density at radius 2 is 1.58 bits per heavy atom. The van der Waals surface area contributed by atoms with Crippen LogP contribution in [-0.4, -0.2) is 49.2 Å². The topological polar surface area (TPSA) is 65.1 Å². The van der Waals surface area contributed by atoms with Crippen molar-refractivity contribution >= 4 is 25.1 Å². The number of carbonyl (C=O) groups is 2. The third-order valence-corrected chi connectivity index (χ3v) is 5.60. The zero-order valence-corrected chi connectivity index (χ0v) is 17.4. The van der Waals surface area contributed by atoms with Gasteiger partial charge < -0.3 is 14.0 Å². The Hall–Kier alpha value is -2.90. The highest BCUT2D eigenvalue weighted by molar-refractivity contribution is 6.55. The number of ether oxygens (including phenoxy) is 1. The summed E-state index contributed by atoms with van der Waals surface area (Å²) in [7, 11) is -1.02. The fourth-order valence-corrected chi connectivity index (χ4v) is 4.11. The first-order valence-electron chi connectivity index (χ1n) is 10.7. The molecule has 1 aliphatic carbocycles. The van der Waals surface area contributed by atoms with Crippen molar-refractivity contribution in [2.24, 2.45) is 0 Å². The van der Waals surface area contributed by atoms with Crippen molar-refractivity contribution in [3.8, 4) is 0 Å². The lowest BCUT2D eigenvalue weighted by atomic mass is 9.88. The summed E-state index contributed by atoms with van der Waals surface area (Å²) in [6.07, 6.45) is 4.51. The largest absolute Gasteiger partial charge is 0.628 e. The Morgan fingerprint density at radius 1 is 0.935 bits per heavy atom. The first kappa shape index (κ1) is 21.3. The number of carbonyl (C=O) groups excluding carboxylic acids is 2. The normalized spacial score (nSPS) is 22.8. The highest BCUT2D eigenvalue weighted by atomic mass is 16.6. The SMILES string of the molecule is O=C1CN([C@@H]2CCC[C@H]2OCc2ccccc2)CC(=O)OB(/C=C/c2ccccc2)O1. The molecule has 0 aromatic heterocycles. The van der Waals surface area contributed by atoms with Gasteiger partial charge in [0, 0.05) is 6.04 Å². The van der Waals surface area contributed by atoms with Gasteiger partial charge in [-0.25, -0.2) is 0 Å². The Labute approximate surface area is 182 Å². The summed E-state index contributed by atoms with van der Waals surface area (Å²) in [6.45, 7) is 0.596. The van der Waals surface area contributed by atoms with Gasteiger partial charge in [-0.15, -0.1) is 0 Å². The molecule has 0 N–H and O–H groups in total. The lowest BCUT2D eigenvalue weighted by molar-refractivity contribution is -0.148. The average molecular weight is 419 g/mol. The van der Waals surface area contributed by atoms with E-state index in [0.717, 1.165) is 30.4 Å². The number of benzene rings is 2. The molecule has 1 saturated heterocycles. The van der Waals surface area contributed by atoms with E-state index in [0.29, 0.717) is 6.61 Å². The second kappa shape index (κ2) is 10.4. The summed E-state index contributed by atoms with van der Waals surface area (Å²) in [5.74, 6) is 0.759. The summed E-state index contributed by atoms with van der Waals surface area (Å²) < 4.78 is 16.9. The standard InChI is InChI=1S/C24H26BNO5/c27-23-16-26(21-12-7-13-22(21)29-18-20-10-5-2-6-11-20)17-24(28)31-25(30-23)15-14-19-8-3-1-4-9-19/h1-6,8-11,14-15,21-22H,7,12-13,16-18H2/b15-14+/t21-,22-/m1/s1. The van der Waals surface area contributed by atoms with Crippen LogP contribution in [0.25, 0.3) is 6.08 Å². The molecule has 0 bridgehead atoms. The van der Waals surface area contributed by atoms with Gasteiger partial charge in [0.2, 0.25) is 0 Å². The van der Waals surface area contributed by atoms with Gasteiger partial charge in [-0.1, -0.05) is 66.7 Å². The Bertz CT molecular complexity index is 885. The van der Waals surface area contributed by atoms with Crippen molar-refractivity contribution in [2.75, 3.05) is 13.1 Å².